The van der Waals surface area contributed by atoms with Crippen LogP contribution in [0.15, 0.2) is 18.2 Å². The van der Waals surface area contributed by atoms with Crippen LogP contribution < -0.4 is 15.2 Å². The normalized spacial score (nSPS) is 26.2. The fraction of sp³-hybridized carbons (Fsp3) is 0.632. The Balaban J connectivity index is 1.78. The number of benzene rings is 1. The van der Waals surface area contributed by atoms with E-state index in [4.69, 9.17) is 15.2 Å². The van der Waals surface area contributed by atoms with Crippen LogP contribution in [0.25, 0.3) is 0 Å². The van der Waals surface area contributed by atoms with Gasteiger partial charge in [-0.3, -0.25) is 4.79 Å². The van der Waals surface area contributed by atoms with E-state index in [-0.39, 0.29) is 5.92 Å². The molecule has 0 saturated heterocycles. The quantitative estimate of drug-likeness (QED) is 0.743. The highest BCUT2D eigenvalue weighted by molar-refractivity contribution is 5.48. The number of amides is 1. The molecule has 5 heteroatoms. The van der Waals surface area contributed by atoms with Crippen molar-refractivity contribution in [2.75, 3.05) is 27.2 Å². The molecular weight excluding hydrogens is 304 g/mol. The van der Waals surface area contributed by atoms with Crippen LogP contribution in [0, 0.1) is 11.8 Å². The van der Waals surface area contributed by atoms with Crippen molar-refractivity contribution in [1.82, 2.24) is 4.90 Å². The molecule has 0 aromatic heterocycles. The van der Waals surface area contributed by atoms with Crippen molar-refractivity contribution >= 4 is 6.41 Å². The third kappa shape index (κ3) is 3.51. The van der Waals surface area contributed by atoms with Gasteiger partial charge in [0, 0.05) is 26.1 Å². The Hall–Kier alpha value is -1.75. The van der Waals surface area contributed by atoms with Crippen molar-refractivity contribution in [2.24, 2.45) is 17.6 Å². The average molecular weight is 332 g/mol. The molecule has 2 saturated carbocycles. The SMILES string of the molecule is COc1ccc(C(CN)CN(C)C=O)cc1O[C@H]1C[C@@H]2CC[C@H]1C2. The van der Waals surface area contributed by atoms with E-state index < -0.39 is 0 Å². The lowest BCUT2D eigenvalue weighted by Gasteiger charge is -2.26. The summed E-state index contributed by atoms with van der Waals surface area (Å²) in [5.41, 5.74) is 7.01. The maximum Gasteiger partial charge on any atom is 0.209 e. The number of ether oxygens (including phenoxy) is 2. The highest BCUT2D eigenvalue weighted by Gasteiger charge is 2.41. The van der Waals surface area contributed by atoms with Crippen molar-refractivity contribution < 1.29 is 14.3 Å². The fourth-order valence-electron chi connectivity index (χ4n) is 4.24. The number of hydrogen-bond donors (Lipinski definition) is 1. The summed E-state index contributed by atoms with van der Waals surface area (Å²) in [5, 5.41) is 0. The van der Waals surface area contributed by atoms with Crippen LogP contribution in [0.5, 0.6) is 11.5 Å². The average Bonchev–Trinajstić information content (AvgIpc) is 3.22. The van der Waals surface area contributed by atoms with Gasteiger partial charge in [0.1, 0.15) is 6.10 Å². The lowest BCUT2D eigenvalue weighted by molar-refractivity contribution is -0.117. The molecule has 2 bridgehead atoms. The molecule has 2 aliphatic carbocycles. The molecule has 132 valence electrons. The maximum absolute atomic E-state index is 10.9. The minimum atomic E-state index is 0.0912. The summed E-state index contributed by atoms with van der Waals surface area (Å²) in [6.45, 7) is 1.08. The zero-order chi connectivity index (χ0) is 17.1. The van der Waals surface area contributed by atoms with Crippen LogP contribution in [0.3, 0.4) is 0 Å². The molecule has 2 aliphatic rings. The molecule has 3 rings (SSSR count). The number of rotatable bonds is 8. The first-order valence-corrected chi connectivity index (χ1v) is 8.84. The largest absolute Gasteiger partial charge is 0.493 e. The van der Waals surface area contributed by atoms with Gasteiger partial charge >= 0.3 is 0 Å². The number of nitrogens with zero attached hydrogens (tertiary/aromatic N) is 1. The Bertz CT molecular complexity index is 578. The third-order valence-electron chi connectivity index (χ3n) is 5.58. The molecule has 0 spiro atoms. The number of likely N-dealkylation sites (N-methyl/N-ethyl adjacent to an activating group) is 1. The van der Waals surface area contributed by atoms with Crippen LogP contribution in [0.1, 0.15) is 37.2 Å². The summed E-state index contributed by atoms with van der Waals surface area (Å²) in [5.74, 6) is 3.19. The molecule has 1 unspecified atom stereocenters. The van der Waals surface area contributed by atoms with Crippen molar-refractivity contribution in [3.8, 4) is 11.5 Å². The van der Waals surface area contributed by atoms with Gasteiger partial charge in [-0.15, -0.1) is 0 Å². The first-order chi connectivity index (χ1) is 11.6. The highest BCUT2D eigenvalue weighted by atomic mass is 16.5. The molecule has 4 atom stereocenters. The monoisotopic (exact) mass is 332 g/mol. The summed E-state index contributed by atoms with van der Waals surface area (Å²) in [6, 6.07) is 6.01. The topological polar surface area (TPSA) is 64.8 Å². The molecular formula is C19H28N2O3. The smallest absolute Gasteiger partial charge is 0.209 e. The summed E-state index contributed by atoms with van der Waals surface area (Å²) >= 11 is 0. The lowest BCUT2D eigenvalue weighted by atomic mass is 9.96. The standard InChI is InChI=1S/C19H28N2O3/c1-21(12-22)11-16(10-20)14-5-6-17(23-2)19(9-14)24-18-8-13-3-4-15(18)7-13/h5-6,9,12-13,15-16,18H,3-4,7-8,10-11,20H2,1-2H3/t13-,15+,16?,18+/m1/s1. The van der Waals surface area contributed by atoms with E-state index >= 15 is 0 Å². The number of carbonyl (C=O) groups excluding carboxylic acids is 1. The Morgan fingerprint density at radius 3 is 2.75 bits per heavy atom. The first-order valence-electron chi connectivity index (χ1n) is 8.84. The van der Waals surface area contributed by atoms with Gasteiger partial charge in [0.2, 0.25) is 6.41 Å². The highest BCUT2D eigenvalue weighted by Crippen LogP contribution is 2.47. The van der Waals surface area contributed by atoms with E-state index in [0.29, 0.717) is 25.1 Å². The van der Waals surface area contributed by atoms with Gasteiger partial charge in [0.05, 0.1) is 7.11 Å². The summed E-state index contributed by atoms with van der Waals surface area (Å²) in [6.07, 6.45) is 6.25. The molecule has 5 nitrogen and oxygen atoms in total. The van der Waals surface area contributed by atoms with Crippen LogP contribution in [-0.2, 0) is 4.79 Å². The Morgan fingerprint density at radius 1 is 1.33 bits per heavy atom. The van der Waals surface area contributed by atoms with Gasteiger partial charge in [0.15, 0.2) is 11.5 Å². The van der Waals surface area contributed by atoms with Crippen molar-refractivity contribution in [2.45, 2.75) is 37.7 Å². The van der Waals surface area contributed by atoms with E-state index in [1.807, 2.05) is 18.2 Å². The van der Waals surface area contributed by atoms with Gasteiger partial charge in [-0.1, -0.05) is 6.07 Å². The minimum absolute atomic E-state index is 0.0912. The Kier molecular flexibility index (Phi) is 5.29. The van der Waals surface area contributed by atoms with E-state index in [2.05, 4.69) is 0 Å². The predicted molar refractivity (Wildman–Crippen MR) is 93.3 cm³/mol. The second-order valence-electron chi connectivity index (χ2n) is 7.22. The fourth-order valence-corrected chi connectivity index (χ4v) is 4.24. The molecule has 1 aromatic carbocycles. The van der Waals surface area contributed by atoms with Crippen molar-refractivity contribution in [1.29, 1.82) is 0 Å². The predicted octanol–water partition coefficient (Wildman–Crippen LogP) is 2.39. The number of methoxy groups -OCH3 is 1. The summed E-state index contributed by atoms with van der Waals surface area (Å²) in [7, 11) is 3.44. The van der Waals surface area contributed by atoms with Crippen molar-refractivity contribution in [3.63, 3.8) is 0 Å². The number of fused-ring (bicyclic) bond motifs is 2. The van der Waals surface area contributed by atoms with Crippen molar-refractivity contribution in [3.05, 3.63) is 23.8 Å². The first kappa shape index (κ1) is 17.1. The number of nitrogens with two attached hydrogens (primary N) is 1. The Labute approximate surface area is 144 Å². The Morgan fingerprint density at radius 2 is 2.17 bits per heavy atom. The third-order valence-corrected chi connectivity index (χ3v) is 5.58. The van der Waals surface area contributed by atoms with Gasteiger partial charge < -0.3 is 20.1 Å². The molecule has 2 fully saturated rings. The van der Waals surface area contributed by atoms with E-state index in [9.17, 15) is 4.79 Å². The molecule has 1 amide bonds. The van der Waals surface area contributed by atoms with Crippen LogP contribution in [0.4, 0.5) is 0 Å². The summed E-state index contributed by atoms with van der Waals surface area (Å²) < 4.78 is 11.8. The second-order valence-corrected chi connectivity index (χ2v) is 7.22. The van der Waals surface area contributed by atoms with E-state index in [1.165, 1.54) is 19.3 Å². The second kappa shape index (κ2) is 7.43. The van der Waals surface area contributed by atoms with Gasteiger partial charge in [0.25, 0.3) is 0 Å². The number of carbonyl (C=O) groups is 1. The molecule has 24 heavy (non-hydrogen) atoms. The summed E-state index contributed by atoms with van der Waals surface area (Å²) in [4.78, 5) is 12.5. The molecule has 0 radical (unpaired) electrons. The maximum atomic E-state index is 10.9. The van der Waals surface area contributed by atoms with Crippen LogP contribution in [0.2, 0.25) is 0 Å². The van der Waals surface area contributed by atoms with Gasteiger partial charge in [-0.2, -0.15) is 0 Å². The molecule has 0 heterocycles. The zero-order valence-corrected chi connectivity index (χ0v) is 14.6. The van der Waals surface area contributed by atoms with Crippen LogP contribution >= 0.6 is 0 Å². The van der Waals surface area contributed by atoms with Gasteiger partial charge in [-0.25, -0.2) is 0 Å². The minimum Gasteiger partial charge on any atom is -0.493 e. The molecule has 0 aliphatic heterocycles. The zero-order valence-electron chi connectivity index (χ0n) is 14.6. The number of hydrogen-bond acceptors (Lipinski definition) is 4. The molecule has 2 N–H and O–H groups in total. The lowest BCUT2D eigenvalue weighted by Crippen LogP contribution is -2.28. The van der Waals surface area contributed by atoms with E-state index in [1.54, 1.807) is 19.1 Å². The van der Waals surface area contributed by atoms with Crippen LogP contribution in [-0.4, -0.2) is 44.7 Å². The molecule has 1 aromatic rings. The van der Waals surface area contributed by atoms with Gasteiger partial charge in [-0.05, 0) is 55.2 Å². The van der Waals surface area contributed by atoms with E-state index in [0.717, 1.165) is 35.8 Å².